The minimum atomic E-state index is 0.109. The average molecular weight is 260 g/mol. The highest BCUT2D eigenvalue weighted by Crippen LogP contribution is 2.24. The Hall–Kier alpha value is -2.41. The maximum atomic E-state index is 12.9. The van der Waals surface area contributed by atoms with Crippen molar-refractivity contribution in [3.63, 3.8) is 0 Å². The second-order valence-corrected chi connectivity index (χ2v) is 5.12. The first-order valence-electron chi connectivity index (χ1n) is 6.77. The van der Waals surface area contributed by atoms with Crippen molar-refractivity contribution < 1.29 is 4.79 Å². The molecule has 0 amide bonds. The van der Waals surface area contributed by atoms with Crippen molar-refractivity contribution in [3.05, 3.63) is 82.9 Å². The maximum Gasteiger partial charge on any atom is 0.194 e. The van der Waals surface area contributed by atoms with Gasteiger partial charge in [0.2, 0.25) is 0 Å². The Labute approximate surface area is 118 Å². The summed E-state index contributed by atoms with van der Waals surface area (Å²) in [4.78, 5) is 12.9. The van der Waals surface area contributed by atoms with Crippen molar-refractivity contribution in [1.29, 1.82) is 0 Å². The molecule has 0 aliphatic heterocycles. The zero-order valence-electron chi connectivity index (χ0n) is 11.7. The third-order valence-corrected chi connectivity index (χ3v) is 3.74. The molecule has 0 atom stereocenters. The quantitative estimate of drug-likeness (QED) is 0.611. The summed E-state index contributed by atoms with van der Waals surface area (Å²) in [6.07, 6.45) is 0. The first-order valence-corrected chi connectivity index (χ1v) is 6.77. The van der Waals surface area contributed by atoms with E-state index in [-0.39, 0.29) is 5.78 Å². The lowest BCUT2D eigenvalue weighted by atomic mass is 9.92. The molecule has 0 saturated carbocycles. The SMILES string of the molecule is Cc1cccc(C)c1C(=O)c1cccc2ccccc12. The number of fused-ring (bicyclic) bond motifs is 1. The van der Waals surface area contributed by atoms with Gasteiger partial charge >= 0.3 is 0 Å². The van der Waals surface area contributed by atoms with E-state index in [1.165, 1.54) is 0 Å². The van der Waals surface area contributed by atoms with Gasteiger partial charge < -0.3 is 0 Å². The molecule has 3 rings (SSSR count). The second-order valence-electron chi connectivity index (χ2n) is 5.12. The van der Waals surface area contributed by atoms with Gasteiger partial charge in [0.1, 0.15) is 0 Å². The Morgan fingerprint density at radius 1 is 0.750 bits per heavy atom. The molecule has 20 heavy (non-hydrogen) atoms. The Balaban J connectivity index is 2.24. The van der Waals surface area contributed by atoms with E-state index < -0.39 is 0 Å². The highest BCUT2D eigenvalue weighted by Gasteiger charge is 2.16. The first kappa shape index (κ1) is 12.6. The molecule has 0 unspecified atom stereocenters. The molecule has 0 aliphatic carbocycles. The molecule has 1 heteroatoms. The summed E-state index contributed by atoms with van der Waals surface area (Å²) >= 11 is 0. The van der Waals surface area contributed by atoms with Crippen LogP contribution in [0.1, 0.15) is 27.0 Å². The summed E-state index contributed by atoms with van der Waals surface area (Å²) in [7, 11) is 0. The zero-order valence-corrected chi connectivity index (χ0v) is 11.7. The molecule has 0 fully saturated rings. The summed E-state index contributed by atoms with van der Waals surface area (Å²) in [6, 6.07) is 19.9. The number of hydrogen-bond acceptors (Lipinski definition) is 1. The van der Waals surface area contributed by atoms with Gasteiger partial charge in [-0.25, -0.2) is 0 Å². The molecule has 98 valence electrons. The fraction of sp³-hybridized carbons (Fsp3) is 0.105. The highest BCUT2D eigenvalue weighted by molar-refractivity contribution is 6.17. The van der Waals surface area contributed by atoms with Crippen LogP contribution < -0.4 is 0 Å². The molecule has 0 spiro atoms. The number of aryl methyl sites for hydroxylation is 2. The molecule has 0 aliphatic rings. The van der Waals surface area contributed by atoms with Crippen LogP contribution in [0.2, 0.25) is 0 Å². The van der Waals surface area contributed by atoms with Gasteiger partial charge in [0, 0.05) is 11.1 Å². The maximum absolute atomic E-state index is 12.9. The molecular formula is C19H16O. The van der Waals surface area contributed by atoms with E-state index in [1.807, 2.05) is 74.5 Å². The normalized spacial score (nSPS) is 10.7. The van der Waals surface area contributed by atoms with Gasteiger partial charge in [-0.3, -0.25) is 4.79 Å². The van der Waals surface area contributed by atoms with E-state index in [2.05, 4.69) is 0 Å². The smallest absolute Gasteiger partial charge is 0.194 e. The fourth-order valence-corrected chi connectivity index (χ4v) is 2.73. The second kappa shape index (κ2) is 4.93. The van der Waals surface area contributed by atoms with Crippen LogP contribution in [0.3, 0.4) is 0 Å². The monoisotopic (exact) mass is 260 g/mol. The molecule has 0 aromatic heterocycles. The van der Waals surface area contributed by atoms with Crippen molar-refractivity contribution in [3.8, 4) is 0 Å². The third-order valence-electron chi connectivity index (χ3n) is 3.74. The van der Waals surface area contributed by atoms with Crippen LogP contribution in [0, 0.1) is 13.8 Å². The van der Waals surface area contributed by atoms with Gasteiger partial charge in [-0.15, -0.1) is 0 Å². The van der Waals surface area contributed by atoms with E-state index in [0.717, 1.165) is 33.0 Å². The largest absolute Gasteiger partial charge is 0.289 e. The summed E-state index contributed by atoms with van der Waals surface area (Å²) in [5, 5.41) is 2.12. The van der Waals surface area contributed by atoms with Gasteiger partial charge in [0.25, 0.3) is 0 Å². The lowest BCUT2D eigenvalue weighted by Crippen LogP contribution is -2.06. The minimum absolute atomic E-state index is 0.109. The van der Waals surface area contributed by atoms with Crippen LogP contribution in [0.25, 0.3) is 10.8 Å². The molecule has 3 aromatic rings. The van der Waals surface area contributed by atoms with Crippen molar-refractivity contribution in [1.82, 2.24) is 0 Å². The standard InChI is InChI=1S/C19H16O/c1-13-7-5-8-14(2)18(13)19(20)17-12-6-10-15-9-3-4-11-16(15)17/h3-12H,1-2H3. The number of rotatable bonds is 2. The molecular weight excluding hydrogens is 244 g/mol. The van der Waals surface area contributed by atoms with Gasteiger partial charge in [0.05, 0.1) is 0 Å². The molecule has 0 saturated heterocycles. The predicted molar refractivity (Wildman–Crippen MR) is 83.3 cm³/mol. The van der Waals surface area contributed by atoms with E-state index in [1.54, 1.807) is 0 Å². The minimum Gasteiger partial charge on any atom is -0.289 e. The summed E-state index contributed by atoms with van der Waals surface area (Å²) in [6.45, 7) is 3.98. The third kappa shape index (κ3) is 2.01. The molecule has 0 N–H and O–H groups in total. The van der Waals surface area contributed by atoms with Crippen molar-refractivity contribution in [2.45, 2.75) is 13.8 Å². The van der Waals surface area contributed by atoms with Crippen molar-refractivity contribution in [2.24, 2.45) is 0 Å². The Morgan fingerprint density at radius 2 is 1.35 bits per heavy atom. The molecule has 0 heterocycles. The fourth-order valence-electron chi connectivity index (χ4n) is 2.73. The lowest BCUT2D eigenvalue weighted by molar-refractivity contribution is 0.103. The van der Waals surface area contributed by atoms with Gasteiger partial charge in [-0.2, -0.15) is 0 Å². The summed E-state index contributed by atoms with van der Waals surface area (Å²) < 4.78 is 0. The zero-order chi connectivity index (χ0) is 14.1. The van der Waals surface area contributed by atoms with E-state index in [4.69, 9.17) is 0 Å². The topological polar surface area (TPSA) is 17.1 Å². The van der Waals surface area contributed by atoms with Crippen LogP contribution in [0.5, 0.6) is 0 Å². The van der Waals surface area contributed by atoms with Gasteiger partial charge in [-0.1, -0.05) is 60.7 Å². The number of carbonyl (C=O) groups excluding carboxylic acids is 1. The Bertz CT molecular complexity index is 774. The average Bonchev–Trinajstić information content (AvgIpc) is 2.46. The summed E-state index contributed by atoms with van der Waals surface area (Å²) in [5.74, 6) is 0.109. The number of ketones is 1. The van der Waals surface area contributed by atoms with Crippen molar-refractivity contribution in [2.75, 3.05) is 0 Å². The van der Waals surface area contributed by atoms with Gasteiger partial charge in [-0.05, 0) is 35.7 Å². The first-order chi connectivity index (χ1) is 9.68. The van der Waals surface area contributed by atoms with E-state index >= 15 is 0 Å². The van der Waals surface area contributed by atoms with Crippen LogP contribution >= 0.6 is 0 Å². The Kier molecular flexibility index (Phi) is 3.11. The van der Waals surface area contributed by atoms with Crippen LogP contribution in [-0.2, 0) is 0 Å². The van der Waals surface area contributed by atoms with Crippen LogP contribution in [-0.4, -0.2) is 5.78 Å². The molecule has 3 aromatic carbocycles. The Morgan fingerprint density at radius 3 is 2.10 bits per heavy atom. The lowest BCUT2D eigenvalue weighted by Gasteiger charge is -2.10. The highest BCUT2D eigenvalue weighted by atomic mass is 16.1. The summed E-state index contributed by atoms with van der Waals surface area (Å²) in [5.41, 5.74) is 3.66. The number of carbonyl (C=O) groups is 1. The van der Waals surface area contributed by atoms with Crippen molar-refractivity contribution >= 4 is 16.6 Å². The predicted octanol–water partition coefficient (Wildman–Crippen LogP) is 4.69. The molecule has 0 radical (unpaired) electrons. The molecule has 1 nitrogen and oxygen atoms in total. The van der Waals surface area contributed by atoms with Crippen LogP contribution in [0.15, 0.2) is 60.7 Å². The van der Waals surface area contributed by atoms with Crippen LogP contribution in [0.4, 0.5) is 0 Å². The number of benzene rings is 3. The van der Waals surface area contributed by atoms with Gasteiger partial charge in [0.15, 0.2) is 5.78 Å². The number of hydrogen-bond donors (Lipinski definition) is 0. The molecule has 0 bridgehead atoms. The van der Waals surface area contributed by atoms with E-state index in [9.17, 15) is 4.79 Å². The van der Waals surface area contributed by atoms with E-state index in [0.29, 0.717) is 0 Å².